The largest absolute Gasteiger partial charge is 0.420 e. The number of benzene rings is 1. The zero-order valence-electron chi connectivity index (χ0n) is 19.7. The van der Waals surface area contributed by atoms with Gasteiger partial charge in [-0.3, -0.25) is 14.5 Å². The van der Waals surface area contributed by atoms with Gasteiger partial charge in [-0.25, -0.2) is 0 Å². The van der Waals surface area contributed by atoms with Gasteiger partial charge in [0.2, 0.25) is 0 Å². The summed E-state index contributed by atoms with van der Waals surface area (Å²) in [4.78, 5) is 20.2. The Balaban J connectivity index is 1.60. The molecule has 0 radical (unpaired) electrons. The summed E-state index contributed by atoms with van der Waals surface area (Å²) in [6.07, 6.45) is 2.15. The van der Waals surface area contributed by atoms with Crippen LogP contribution in [0.25, 0.3) is 11.3 Å². The lowest BCUT2D eigenvalue weighted by atomic mass is 9.84. The summed E-state index contributed by atoms with van der Waals surface area (Å²) in [5.41, 5.74) is 3.69. The van der Waals surface area contributed by atoms with Crippen LogP contribution in [0.15, 0.2) is 30.6 Å². The SMILES string of the molecule is CCc1cc2c(cn1)CCC[C@@H]2N1CCc2c(cc(CO)cc2-c2nn(C)cc2C(F)(F)F)C1=O. The van der Waals surface area contributed by atoms with Gasteiger partial charge < -0.3 is 10.0 Å². The van der Waals surface area contributed by atoms with Gasteiger partial charge in [0.25, 0.3) is 5.91 Å². The molecular formula is C26H27F3N4O2. The van der Waals surface area contributed by atoms with Crippen molar-refractivity contribution >= 4 is 5.91 Å². The molecule has 1 aliphatic heterocycles. The first-order chi connectivity index (χ1) is 16.7. The van der Waals surface area contributed by atoms with E-state index in [0.29, 0.717) is 29.7 Å². The van der Waals surface area contributed by atoms with Crippen molar-refractivity contribution in [2.75, 3.05) is 6.54 Å². The minimum absolute atomic E-state index is 0.102. The maximum Gasteiger partial charge on any atom is 0.420 e. The predicted molar refractivity (Wildman–Crippen MR) is 124 cm³/mol. The van der Waals surface area contributed by atoms with Gasteiger partial charge in [0, 0.05) is 42.8 Å². The third-order valence-electron chi connectivity index (χ3n) is 7.08. The van der Waals surface area contributed by atoms with Gasteiger partial charge in [-0.05, 0) is 72.6 Å². The Morgan fingerprint density at radius 2 is 1.94 bits per heavy atom. The van der Waals surface area contributed by atoms with Crippen LogP contribution in [0, 0.1) is 0 Å². The first-order valence-electron chi connectivity index (χ1n) is 11.9. The molecule has 0 saturated carbocycles. The molecule has 2 aromatic heterocycles. The average molecular weight is 485 g/mol. The quantitative estimate of drug-likeness (QED) is 0.586. The van der Waals surface area contributed by atoms with Crippen LogP contribution >= 0.6 is 0 Å². The van der Waals surface area contributed by atoms with Crippen LogP contribution in [0.3, 0.4) is 0 Å². The summed E-state index contributed by atoms with van der Waals surface area (Å²) in [5.74, 6) is -0.222. The lowest BCUT2D eigenvalue weighted by molar-refractivity contribution is -0.137. The first-order valence-corrected chi connectivity index (χ1v) is 11.9. The van der Waals surface area contributed by atoms with Crippen molar-refractivity contribution in [1.82, 2.24) is 19.7 Å². The van der Waals surface area contributed by atoms with E-state index in [2.05, 4.69) is 16.1 Å². The monoisotopic (exact) mass is 484 g/mol. The van der Waals surface area contributed by atoms with Crippen molar-refractivity contribution in [1.29, 1.82) is 0 Å². The van der Waals surface area contributed by atoms with Crippen molar-refractivity contribution in [3.05, 3.63) is 69.7 Å². The number of amides is 1. The van der Waals surface area contributed by atoms with E-state index >= 15 is 0 Å². The van der Waals surface area contributed by atoms with Gasteiger partial charge in [0.15, 0.2) is 0 Å². The molecule has 1 amide bonds. The minimum atomic E-state index is -4.59. The summed E-state index contributed by atoms with van der Waals surface area (Å²) in [7, 11) is 1.44. The van der Waals surface area contributed by atoms with E-state index < -0.39 is 11.7 Å². The number of fused-ring (bicyclic) bond motifs is 2. The highest BCUT2D eigenvalue weighted by atomic mass is 19.4. The van der Waals surface area contributed by atoms with Crippen LogP contribution < -0.4 is 0 Å². The van der Waals surface area contributed by atoms with E-state index in [1.807, 2.05) is 18.0 Å². The van der Waals surface area contributed by atoms with E-state index in [1.165, 1.54) is 13.1 Å². The molecule has 184 valence electrons. The molecule has 5 rings (SSSR count). The molecule has 6 nitrogen and oxygen atoms in total. The van der Waals surface area contributed by atoms with Gasteiger partial charge in [-0.1, -0.05) is 6.92 Å². The van der Waals surface area contributed by atoms with E-state index in [9.17, 15) is 23.1 Å². The van der Waals surface area contributed by atoms with Gasteiger partial charge >= 0.3 is 6.18 Å². The number of carbonyl (C=O) groups excluding carboxylic acids is 1. The number of aromatic nitrogens is 3. The van der Waals surface area contributed by atoms with Crippen LogP contribution in [0.2, 0.25) is 0 Å². The van der Waals surface area contributed by atoms with Crippen molar-refractivity contribution in [3.63, 3.8) is 0 Å². The van der Waals surface area contributed by atoms with Crippen LogP contribution in [0.1, 0.15) is 69.7 Å². The number of nitrogens with zero attached hydrogens (tertiary/aromatic N) is 4. The number of aliphatic hydroxyl groups excluding tert-OH is 1. The van der Waals surface area contributed by atoms with Gasteiger partial charge in [-0.2, -0.15) is 18.3 Å². The Hall–Kier alpha value is -3.20. The Labute approximate surface area is 201 Å². The standard InChI is InChI=1S/C26H27F3N4O2/c1-3-17-11-19-16(12-30-17)5-4-6-23(19)33-8-7-18-20(9-15(14-34)10-21(18)25(33)35)24-22(26(27,28)29)13-32(2)31-24/h9-13,23,34H,3-8,14H2,1-2H3/t23-/m0/s1. The Kier molecular flexibility index (Phi) is 5.91. The number of hydrogen-bond acceptors (Lipinski definition) is 4. The molecule has 3 aromatic rings. The zero-order valence-corrected chi connectivity index (χ0v) is 19.7. The summed E-state index contributed by atoms with van der Waals surface area (Å²) in [5, 5.41) is 14.0. The highest BCUT2D eigenvalue weighted by Crippen LogP contribution is 2.42. The molecule has 0 spiro atoms. The number of pyridine rings is 1. The summed E-state index contributed by atoms with van der Waals surface area (Å²) in [6.45, 7) is 2.05. The van der Waals surface area contributed by atoms with Crippen molar-refractivity contribution < 1.29 is 23.1 Å². The molecule has 3 heterocycles. The number of halogens is 3. The molecule has 0 unspecified atom stereocenters. The van der Waals surface area contributed by atoms with Crippen LogP contribution in [-0.4, -0.2) is 37.2 Å². The Morgan fingerprint density at radius 3 is 2.66 bits per heavy atom. The molecule has 35 heavy (non-hydrogen) atoms. The van der Waals surface area contributed by atoms with Crippen LogP contribution in [0.5, 0.6) is 0 Å². The van der Waals surface area contributed by atoms with Crippen molar-refractivity contribution in [3.8, 4) is 11.3 Å². The van der Waals surface area contributed by atoms with Gasteiger partial charge in [-0.15, -0.1) is 0 Å². The summed E-state index contributed by atoms with van der Waals surface area (Å²) < 4.78 is 42.4. The van der Waals surface area contributed by atoms with Crippen LogP contribution in [-0.2, 0) is 39.1 Å². The second kappa shape index (κ2) is 8.78. The van der Waals surface area contributed by atoms with E-state index in [4.69, 9.17) is 0 Å². The maximum atomic E-state index is 13.8. The number of hydrogen-bond donors (Lipinski definition) is 1. The molecule has 0 fully saturated rings. The van der Waals surface area contributed by atoms with Crippen LogP contribution in [0.4, 0.5) is 13.2 Å². The Morgan fingerprint density at radius 1 is 1.17 bits per heavy atom. The summed E-state index contributed by atoms with van der Waals surface area (Å²) in [6, 6.07) is 5.11. The third kappa shape index (κ3) is 4.11. The highest BCUT2D eigenvalue weighted by molar-refractivity contribution is 5.99. The Bertz CT molecular complexity index is 1300. The first kappa shape index (κ1) is 23.5. The topological polar surface area (TPSA) is 71.2 Å². The van der Waals surface area contributed by atoms with Gasteiger partial charge in [0.1, 0.15) is 11.3 Å². The number of alkyl halides is 3. The lowest BCUT2D eigenvalue weighted by Gasteiger charge is -2.39. The predicted octanol–water partition coefficient (Wildman–Crippen LogP) is 4.63. The fourth-order valence-electron chi connectivity index (χ4n) is 5.40. The lowest BCUT2D eigenvalue weighted by Crippen LogP contribution is -2.42. The normalized spacial score (nSPS) is 17.9. The molecule has 1 atom stereocenters. The van der Waals surface area contributed by atoms with E-state index in [1.54, 1.807) is 6.07 Å². The molecule has 0 saturated heterocycles. The molecule has 1 N–H and O–H groups in total. The average Bonchev–Trinajstić information content (AvgIpc) is 3.25. The molecule has 1 aromatic carbocycles. The highest BCUT2D eigenvalue weighted by Gasteiger charge is 2.39. The third-order valence-corrected chi connectivity index (χ3v) is 7.08. The fraction of sp³-hybridized carbons (Fsp3) is 0.423. The van der Waals surface area contributed by atoms with Crippen molar-refractivity contribution in [2.24, 2.45) is 7.05 Å². The number of aliphatic hydroxyl groups is 1. The number of rotatable bonds is 4. The van der Waals surface area contributed by atoms with Crippen molar-refractivity contribution in [2.45, 2.75) is 57.9 Å². The minimum Gasteiger partial charge on any atom is -0.392 e. The maximum absolute atomic E-state index is 13.8. The second-order valence-corrected chi connectivity index (χ2v) is 9.27. The molecular weight excluding hydrogens is 457 g/mol. The molecule has 1 aliphatic carbocycles. The van der Waals surface area contributed by atoms with E-state index in [0.717, 1.165) is 53.4 Å². The molecule has 2 aliphatic rings. The summed E-state index contributed by atoms with van der Waals surface area (Å²) >= 11 is 0. The second-order valence-electron chi connectivity index (χ2n) is 9.27. The fourth-order valence-corrected chi connectivity index (χ4v) is 5.40. The van der Waals surface area contributed by atoms with E-state index in [-0.39, 0.29) is 29.8 Å². The molecule has 9 heteroatoms. The number of carbonyl (C=O) groups is 1. The molecule has 0 bridgehead atoms. The zero-order chi connectivity index (χ0) is 24.9. The van der Waals surface area contributed by atoms with Gasteiger partial charge in [0.05, 0.1) is 12.6 Å². The smallest absolute Gasteiger partial charge is 0.392 e. The number of aryl methyl sites for hydroxylation is 3.